The van der Waals surface area contributed by atoms with E-state index >= 15 is 0 Å². The molecular formula is C12H24B3N3. The number of nitrogens with zero attached hydrogens (tertiary/aromatic N) is 3. The molecule has 1 saturated heterocycles. The molecule has 0 aromatic heterocycles. The molecule has 1 heterocycles. The summed E-state index contributed by atoms with van der Waals surface area (Å²) in [6.07, 6.45) is 6.37. The summed E-state index contributed by atoms with van der Waals surface area (Å²) in [5, 5.41) is 0. The van der Waals surface area contributed by atoms with Gasteiger partial charge in [0.05, 0.1) is 0 Å². The molecule has 96 valence electrons. The first-order valence-electron chi connectivity index (χ1n) is 6.57. The van der Waals surface area contributed by atoms with Gasteiger partial charge in [-0.2, -0.15) is 0 Å². The molecule has 0 radical (unpaired) electrons. The van der Waals surface area contributed by atoms with Crippen LogP contribution in [0.1, 0.15) is 20.8 Å². The molecule has 0 N–H and O–H groups in total. The highest BCUT2D eigenvalue weighted by Gasteiger charge is 2.38. The van der Waals surface area contributed by atoms with Crippen LogP contribution in [0.15, 0.2) is 35.8 Å². The third-order valence-electron chi connectivity index (χ3n) is 3.39. The minimum absolute atomic E-state index is 0.346. The van der Waals surface area contributed by atoms with Crippen LogP contribution < -0.4 is 0 Å². The zero-order valence-corrected chi connectivity index (χ0v) is 12.6. The Kier molecular flexibility index (Phi) is 5.99. The Balaban J connectivity index is 2.92. The second-order valence-corrected chi connectivity index (χ2v) is 5.08. The first-order chi connectivity index (χ1) is 8.51. The lowest BCUT2D eigenvalue weighted by atomic mass is 9.50. The Morgan fingerprint density at radius 3 is 2.17 bits per heavy atom. The molecule has 0 unspecified atom stereocenters. The molecule has 18 heavy (non-hydrogen) atoms. The zero-order chi connectivity index (χ0) is 13.7. The van der Waals surface area contributed by atoms with Gasteiger partial charge in [0.2, 0.25) is 0 Å². The molecule has 1 aliphatic heterocycles. The van der Waals surface area contributed by atoms with Crippen molar-refractivity contribution < 1.29 is 0 Å². The van der Waals surface area contributed by atoms with E-state index in [1.807, 2.05) is 0 Å². The SMILES string of the molecule is CC=CB1N(C)BN(C)B(C=C(C)C=CC)N1C. The third kappa shape index (κ3) is 3.64. The van der Waals surface area contributed by atoms with E-state index in [0.717, 1.165) is 7.55 Å². The summed E-state index contributed by atoms with van der Waals surface area (Å²) in [5.74, 6) is 4.57. The van der Waals surface area contributed by atoms with Crippen molar-refractivity contribution in [1.29, 1.82) is 0 Å². The molecule has 0 aromatic rings. The second-order valence-electron chi connectivity index (χ2n) is 5.08. The van der Waals surface area contributed by atoms with Crippen molar-refractivity contribution in [3.63, 3.8) is 0 Å². The van der Waals surface area contributed by atoms with Gasteiger partial charge in [-0.3, -0.25) is 0 Å². The maximum atomic E-state index is 2.39. The summed E-state index contributed by atoms with van der Waals surface area (Å²) < 4.78 is 7.08. The summed E-state index contributed by atoms with van der Waals surface area (Å²) in [6.45, 7) is 7.01. The van der Waals surface area contributed by atoms with Crippen molar-refractivity contribution >= 4 is 21.5 Å². The fourth-order valence-corrected chi connectivity index (χ4v) is 2.55. The smallest absolute Gasteiger partial charge is 0.317 e. The second kappa shape index (κ2) is 7.02. The van der Waals surface area contributed by atoms with Crippen LogP contribution in [-0.2, 0) is 0 Å². The molecule has 0 spiro atoms. The van der Waals surface area contributed by atoms with E-state index in [2.05, 4.69) is 86.3 Å². The number of rotatable bonds is 3. The van der Waals surface area contributed by atoms with Crippen molar-refractivity contribution in [2.75, 3.05) is 21.1 Å². The van der Waals surface area contributed by atoms with Crippen molar-refractivity contribution in [3.8, 4) is 0 Å². The highest BCUT2D eigenvalue weighted by molar-refractivity contribution is 6.84. The number of allylic oxidation sites excluding steroid dienone is 4. The highest BCUT2D eigenvalue weighted by atomic mass is 15.3. The van der Waals surface area contributed by atoms with E-state index in [9.17, 15) is 0 Å². The highest BCUT2D eigenvalue weighted by Crippen LogP contribution is 2.13. The van der Waals surface area contributed by atoms with Crippen molar-refractivity contribution in [2.45, 2.75) is 20.8 Å². The van der Waals surface area contributed by atoms with Crippen LogP contribution in [-0.4, -0.2) is 56.8 Å². The summed E-state index contributed by atoms with van der Waals surface area (Å²) in [6, 6.07) is 0. The minimum atomic E-state index is 0.346. The number of hydrogen-bond acceptors (Lipinski definition) is 3. The summed E-state index contributed by atoms with van der Waals surface area (Å²) in [4.78, 5) is 0. The van der Waals surface area contributed by atoms with Gasteiger partial charge in [0.25, 0.3) is 7.55 Å². The van der Waals surface area contributed by atoms with Gasteiger partial charge in [-0.25, -0.2) is 0 Å². The van der Waals surface area contributed by atoms with Gasteiger partial charge < -0.3 is 14.2 Å². The largest absolute Gasteiger partial charge is 0.359 e. The lowest BCUT2D eigenvalue weighted by molar-refractivity contribution is 0.571. The van der Waals surface area contributed by atoms with Crippen molar-refractivity contribution in [3.05, 3.63) is 35.8 Å². The van der Waals surface area contributed by atoms with Gasteiger partial charge in [-0.1, -0.05) is 35.8 Å². The standard InChI is InChI=1S/C12H24B3N3/c1-7-9-12(3)11-15-17(5)13-16(4)14(10-8-2)18(15)6/h7-11,13H,1-6H3. The monoisotopic (exact) mass is 243 g/mol. The van der Waals surface area contributed by atoms with Crippen LogP contribution >= 0.6 is 0 Å². The summed E-state index contributed by atoms with van der Waals surface area (Å²) in [7, 11) is 7.49. The molecule has 1 aliphatic rings. The molecule has 0 aliphatic carbocycles. The molecule has 1 rings (SSSR count). The van der Waals surface area contributed by atoms with Crippen LogP contribution in [0, 0.1) is 0 Å². The van der Waals surface area contributed by atoms with Crippen LogP contribution in [0.5, 0.6) is 0 Å². The van der Waals surface area contributed by atoms with Gasteiger partial charge in [-0.15, -0.1) is 0 Å². The molecule has 0 amide bonds. The normalized spacial score (nSPS) is 21.3. The minimum Gasteiger partial charge on any atom is -0.359 e. The molecule has 1 fully saturated rings. The Labute approximate surface area is 114 Å². The Hall–Kier alpha value is -0.705. The molecular weight excluding hydrogens is 219 g/mol. The van der Waals surface area contributed by atoms with Crippen LogP contribution in [0.4, 0.5) is 0 Å². The average molecular weight is 243 g/mol. The predicted molar refractivity (Wildman–Crippen MR) is 85.3 cm³/mol. The first-order valence-corrected chi connectivity index (χ1v) is 6.57. The van der Waals surface area contributed by atoms with E-state index in [4.69, 9.17) is 0 Å². The van der Waals surface area contributed by atoms with Crippen molar-refractivity contribution in [2.24, 2.45) is 0 Å². The fourth-order valence-electron chi connectivity index (χ4n) is 2.55. The van der Waals surface area contributed by atoms with Crippen LogP contribution in [0.3, 0.4) is 0 Å². The molecule has 6 heteroatoms. The lowest BCUT2D eigenvalue weighted by Crippen LogP contribution is -2.69. The van der Waals surface area contributed by atoms with Crippen LogP contribution in [0.2, 0.25) is 0 Å². The Morgan fingerprint density at radius 2 is 1.61 bits per heavy atom. The fraction of sp³-hybridized carbons (Fsp3) is 0.500. The van der Waals surface area contributed by atoms with Gasteiger partial charge in [0.1, 0.15) is 0 Å². The first kappa shape index (κ1) is 15.4. The quantitative estimate of drug-likeness (QED) is 0.544. The number of hydrogen-bond donors (Lipinski definition) is 0. The molecule has 0 saturated carbocycles. The molecule has 0 atom stereocenters. The van der Waals surface area contributed by atoms with E-state index in [1.165, 1.54) is 5.57 Å². The molecule has 3 nitrogen and oxygen atoms in total. The van der Waals surface area contributed by atoms with E-state index in [1.54, 1.807) is 0 Å². The van der Waals surface area contributed by atoms with Crippen molar-refractivity contribution in [1.82, 2.24) is 14.2 Å². The lowest BCUT2D eigenvalue weighted by Gasteiger charge is -2.44. The maximum Gasteiger partial charge on any atom is 0.317 e. The molecule has 0 bridgehead atoms. The van der Waals surface area contributed by atoms with E-state index in [-0.39, 0.29) is 0 Å². The predicted octanol–water partition coefficient (Wildman–Crippen LogP) is 1.22. The Bertz CT molecular complexity index is 354. The Morgan fingerprint density at radius 1 is 1.00 bits per heavy atom. The van der Waals surface area contributed by atoms with E-state index in [0.29, 0.717) is 14.0 Å². The van der Waals surface area contributed by atoms with Crippen LogP contribution in [0.25, 0.3) is 0 Å². The summed E-state index contributed by atoms with van der Waals surface area (Å²) >= 11 is 0. The maximum absolute atomic E-state index is 2.39. The topological polar surface area (TPSA) is 9.72 Å². The van der Waals surface area contributed by atoms with Gasteiger partial charge >= 0.3 is 14.0 Å². The third-order valence-corrected chi connectivity index (χ3v) is 3.39. The molecule has 0 aromatic carbocycles. The van der Waals surface area contributed by atoms with Gasteiger partial charge in [0, 0.05) is 0 Å². The van der Waals surface area contributed by atoms with Gasteiger partial charge in [-0.05, 0) is 41.9 Å². The van der Waals surface area contributed by atoms with Gasteiger partial charge in [0.15, 0.2) is 0 Å². The summed E-state index contributed by atoms with van der Waals surface area (Å²) in [5.41, 5.74) is 1.31. The average Bonchev–Trinajstić information content (AvgIpc) is 2.30. The van der Waals surface area contributed by atoms with E-state index < -0.39 is 0 Å². The zero-order valence-electron chi connectivity index (χ0n) is 12.6.